The van der Waals surface area contributed by atoms with Crippen LogP contribution in [0.3, 0.4) is 0 Å². The Morgan fingerprint density at radius 1 is 1.37 bits per heavy atom. The first-order valence-corrected chi connectivity index (χ1v) is 7.33. The molecule has 0 radical (unpaired) electrons. The molecule has 2 atom stereocenters. The quantitative estimate of drug-likeness (QED) is 0.777. The fraction of sp³-hybridized carbons (Fsp3) is 0.533. The third-order valence-corrected chi connectivity index (χ3v) is 4.72. The summed E-state index contributed by atoms with van der Waals surface area (Å²) in [5.74, 6) is 0. The summed E-state index contributed by atoms with van der Waals surface area (Å²) < 4.78 is 0. The van der Waals surface area contributed by atoms with Crippen LogP contribution in [0.5, 0.6) is 0 Å². The normalized spacial score (nSPS) is 27.4. The lowest BCUT2D eigenvalue weighted by Crippen LogP contribution is -2.55. The van der Waals surface area contributed by atoms with E-state index in [4.69, 9.17) is 11.6 Å². The zero-order valence-electron chi connectivity index (χ0n) is 11.2. The summed E-state index contributed by atoms with van der Waals surface area (Å²) in [6.07, 6.45) is 3.44. The molecule has 102 valence electrons. The summed E-state index contributed by atoms with van der Waals surface area (Å²) in [5.41, 5.74) is 1.61. The Bertz CT molecular complexity index is 491. The smallest absolute Gasteiger partial charge is 0.153 e. The Kier molecular flexibility index (Phi) is 3.50. The van der Waals surface area contributed by atoms with E-state index in [0.717, 1.165) is 25.1 Å². The van der Waals surface area contributed by atoms with Crippen LogP contribution in [0, 0.1) is 0 Å². The minimum absolute atomic E-state index is 0.423. The first kappa shape index (κ1) is 12.9. The predicted octanol–water partition coefficient (Wildman–Crippen LogP) is 2.83. The lowest BCUT2D eigenvalue weighted by Gasteiger charge is -2.44. The van der Waals surface area contributed by atoms with Gasteiger partial charge in [-0.1, -0.05) is 17.7 Å². The molecule has 2 aliphatic rings. The molecule has 1 aromatic carbocycles. The van der Waals surface area contributed by atoms with Crippen molar-refractivity contribution in [2.45, 2.75) is 31.8 Å². The van der Waals surface area contributed by atoms with Crippen molar-refractivity contribution in [3.05, 3.63) is 28.8 Å². The van der Waals surface area contributed by atoms with Crippen LogP contribution in [0.15, 0.2) is 18.2 Å². The van der Waals surface area contributed by atoms with Gasteiger partial charge >= 0.3 is 0 Å². The monoisotopic (exact) mass is 278 g/mol. The standard InChI is InChI=1S/C15H19ClN2O/c1-11-8-17-7-3-4-12(17)9-18(11)15-6-2-5-14(16)13(15)10-19/h2,5-6,10-12H,3-4,7-9H2,1H3. The van der Waals surface area contributed by atoms with Crippen LogP contribution in [0.25, 0.3) is 0 Å². The Balaban J connectivity index is 1.93. The van der Waals surface area contributed by atoms with Crippen LogP contribution < -0.4 is 4.90 Å². The molecular weight excluding hydrogens is 260 g/mol. The van der Waals surface area contributed by atoms with E-state index in [0.29, 0.717) is 22.7 Å². The van der Waals surface area contributed by atoms with Crippen molar-refractivity contribution in [3.63, 3.8) is 0 Å². The number of anilines is 1. The first-order valence-electron chi connectivity index (χ1n) is 6.95. The fourth-order valence-electron chi connectivity index (χ4n) is 3.42. The van der Waals surface area contributed by atoms with E-state index in [2.05, 4.69) is 16.7 Å². The van der Waals surface area contributed by atoms with Gasteiger partial charge in [0.05, 0.1) is 10.6 Å². The van der Waals surface area contributed by atoms with Crippen molar-refractivity contribution in [1.29, 1.82) is 0 Å². The number of aldehydes is 1. The fourth-order valence-corrected chi connectivity index (χ4v) is 3.63. The van der Waals surface area contributed by atoms with Crippen LogP contribution in [0.2, 0.25) is 5.02 Å². The van der Waals surface area contributed by atoms with Crippen molar-refractivity contribution in [2.75, 3.05) is 24.5 Å². The molecule has 2 saturated heterocycles. The van der Waals surface area contributed by atoms with E-state index in [1.807, 2.05) is 12.1 Å². The summed E-state index contributed by atoms with van der Waals surface area (Å²) >= 11 is 6.14. The number of fused-ring (bicyclic) bond motifs is 1. The maximum Gasteiger partial charge on any atom is 0.153 e. The molecule has 0 bridgehead atoms. The van der Waals surface area contributed by atoms with Crippen molar-refractivity contribution >= 4 is 23.6 Å². The number of carbonyl (C=O) groups is 1. The van der Waals surface area contributed by atoms with E-state index in [9.17, 15) is 4.79 Å². The number of piperazine rings is 1. The second kappa shape index (κ2) is 5.14. The van der Waals surface area contributed by atoms with Gasteiger partial charge in [0, 0.05) is 30.9 Å². The van der Waals surface area contributed by atoms with Crippen molar-refractivity contribution < 1.29 is 4.79 Å². The second-order valence-corrected chi connectivity index (χ2v) is 5.99. The summed E-state index contributed by atoms with van der Waals surface area (Å²) in [5, 5.41) is 0.550. The van der Waals surface area contributed by atoms with Crippen LogP contribution in [0.4, 0.5) is 5.69 Å². The molecule has 19 heavy (non-hydrogen) atoms. The molecule has 0 amide bonds. The van der Waals surface area contributed by atoms with Gasteiger partial charge in [0.25, 0.3) is 0 Å². The molecule has 0 saturated carbocycles. The van der Waals surface area contributed by atoms with Gasteiger partial charge in [-0.15, -0.1) is 0 Å². The van der Waals surface area contributed by atoms with Gasteiger partial charge in [0.15, 0.2) is 6.29 Å². The van der Waals surface area contributed by atoms with Gasteiger partial charge in [-0.05, 0) is 38.4 Å². The molecule has 1 aromatic rings. The van der Waals surface area contributed by atoms with Gasteiger partial charge in [0.2, 0.25) is 0 Å². The minimum atomic E-state index is 0.423. The highest BCUT2D eigenvalue weighted by molar-refractivity contribution is 6.33. The molecule has 0 N–H and O–H groups in total. The van der Waals surface area contributed by atoms with Crippen LogP contribution in [-0.4, -0.2) is 42.9 Å². The number of carbonyl (C=O) groups excluding carboxylic acids is 1. The minimum Gasteiger partial charge on any atom is -0.365 e. The molecule has 0 spiro atoms. The third-order valence-electron chi connectivity index (χ3n) is 4.39. The predicted molar refractivity (Wildman–Crippen MR) is 78.2 cm³/mol. The number of hydrogen-bond donors (Lipinski definition) is 0. The topological polar surface area (TPSA) is 23.6 Å². The molecule has 2 fully saturated rings. The van der Waals surface area contributed by atoms with E-state index < -0.39 is 0 Å². The van der Waals surface area contributed by atoms with Crippen LogP contribution in [0.1, 0.15) is 30.1 Å². The molecule has 3 rings (SSSR count). The maximum absolute atomic E-state index is 11.3. The van der Waals surface area contributed by atoms with Crippen molar-refractivity contribution in [1.82, 2.24) is 4.90 Å². The van der Waals surface area contributed by atoms with Gasteiger partial charge in [-0.25, -0.2) is 0 Å². The SMILES string of the molecule is CC1CN2CCCC2CN1c1cccc(Cl)c1C=O. The maximum atomic E-state index is 11.3. The summed E-state index contributed by atoms with van der Waals surface area (Å²) in [6.45, 7) is 5.53. The molecular formula is C15H19ClN2O. The Morgan fingerprint density at radius 2 is 2.21 bits per heavy atom. The van der Waals surface area contributed by atoms with Crippen molar-refractivity contribution in [2.24, 2.45) is 0 Å². The van der Waals surface area contributed by atoms with Gasteiger partial charge < -0.3 is 4.90 Å². The highest BCUT2D eigenvalue weighted by Crippen LogP contribution is 2.32. The van der Waals surface area contributed by atoms with Crippen LogP contribution >= 0.6 is 11.6 Å². The number of benzene rings is 1. The first-order chi connectivity index (χ1) is 9.20. The Labute approximate surface area is 119 Å². The van der Waals surface area contributed by atoms with E-state index in [-0.39, 0.29) is 0 Å². The lowest BCUT2D eigenvalue weighted by atomic mass is 10.0. The Hall–Kier alpha value is -1.06. The summed E-state index contributed by atoms with van der Waals surface area (Å²) in [6, 6.07) is 6.78. The van der Waals surface area contributed by atoms with Gasteiger partial charge in [-0.2, -0.15) is 0 Å². The number of hydrogen-bond acceptors (Lipinski definition) is 3. The largest absolute Gasteiger partial charge is 0.365 e. The Morgan fingerprint density at radius 3 is 3.00 bits per heavy atom. The van der Waals surface area contributed by atoms with Gasteiger partial charge in [-0.3, -0.25) is 9.69 Å². The van der Waals surface area contributed by atoms with E-state index in [1.165, 1.54) is 19.4 Å². The molecule has 2 aliphatic heterocycles. The summed E-state index contributed by atoms with van der Waals surface area (Å²) in [4.78, 5) is 16.2. The average molecular weight is 279 g/mol. The van der Waals surface area contributed by atoms with Gasteiger partial charge in [0.1, 0.15) is 0 Å². The van der Waals surface area contributed by atoms with E-state index in [1.54, 1.807) is 6.07 Å². The third kappa shape index (κ3) is 2.26. The van der Waals surface area contributed by atoms with Crippen molar-refractivity contribution in [3.8, 4) is 0 Å². The highest BCUT2D eigenvalue weighted by Gasteiger charge is 2.35. The number of nitrogens with zero attached hydrogens (tertiary/aromatic N) is 2. The molecule has 2 unspecified atom stereocenters. The molecule has 2 heterocycles. The number of rotatable bonds is 2. The molecule has 0 aromatic heterocycles. The van der Waals surface area contributed by atoms with Crippen LogP contribution in [-0.2, 0) is 0 Å². The number of halogens is 1. The zero-order valence-corrected chi connectivity index (χ0v) is 11.9. The zero-order chi connectivity index (χ0) is 13.4. The summed E-state index contributed by atoms with van der Waals surface area (Å²) in [7, 11) is 0. The lowest BCUT2D eigenvalue weighted by molar-refractivity contribution is 0.112. The highest BCUT2D eigenvalue weighted by atomic mass is 35.5. The second-order valence-electron chi connectivity index (χ2n) is 5.58. The molecule has 0 aliphatic carbocycles. The molecule has 3 nitrogen and oxygen atoms in total. The van der Waals surface area contributed by atoms with E-state index >= 15 is 0 Å². The molecule has 4 heteroatoms. The average Bonchev–Trinajstić information content (AvgIpc) is 2.84.